The third-order valence-corrected chi connectivity index (χ3v) is 2.32. The summed E-state index contributed by atoms with van der Waals surface area (Å²) >= 11 is 0. The highest BCUT2D eigenvalue weighted by atomic mass is 35.5. The van der Waals surface area contributed by atoms with Crippen LogP contribution >= 0.6 is 12.4 Å². The van der Waals surface area contributed by atoms with Gasteiger partial charge in [0.25, 0.3) is 5.91 Å². The SMILES string of the molecule is COc1ccc(F)cc1C(=O)NCCCCN.Cl. The van der Waals surface area contributed by atoms with Gasteiger partial charge in [0.15, 0.2) is 0 Å². The van der Waals surface area contributed by atoms with Gasteiger partial charge in [0.1, 0.15) is 11.6 Å². The van der Waals surface area contributed by atoms with Crippen LogP contribution in [0.4, 0.5) is 4.39 Å². The molecule has 6 heteroatoms. The second-order valence-corrected chi connectivity index (χ2v) is 3.60. The minimum absolute atomic E-state index is 0. The maximum atomic E-state index is 13.0. The number of nitrogens with one attached hydrogen (secondary N) is 1. The first-order valence-corrected chi connectivity index (χ1v) is 5.51. The summed E-state index contributed by atoms with van der Waals surface area (Å²) in [6.45, 7) is 1.12. The zero-order valence-corrected chi connectivity index (χ0v) is 11.1. The number of hydrogen-bond acceptors (Lipinski definition) is 3. The molecule has 0 spiro atoms. The fraction of sp³-hybridized carbons (Fsp3) is 0.417. The van der Waals surface area contributed by atoms with Gasteiger partial charge in [-0.15, -0.1) is 12.4 Å². The molecule has 102 valence electrons. The summed E-state index contributed by atoms with van der Waals surface area (Å²) in [4.78, 5) is 11.8. The monoisotopic (exact) mass is 276 g/mol. The van der Waals surface area contributed by atoms with Crippen molar-refractivity contribution in [2.75, 3.05) is 20.2 Å². The number of unbranched alkanes of at least 4 members (excludes halogenated alkanes) is 1. The smallest absolute Gasteiger partial charge is 0.255 e. The van der Waals surface area contributed by atoms with Crippen molar-refractivity contribution in [3.8, 4) is 5.75 Å². The predicted octanol–water partition coefficient (Wildman–Crippen LogP) is 1.72. The molecular weight excluding hydrogens is 259 g/mol. The molecule has 0 aliphatic rings. The summed E-state index contributed by atoms with van der Waals surface area (Å²) in [5.41, 5.74) is 5.55. The van der Waals surface area contributed by atoms with E-state index in [2.05, 4.69) is 5.32 Å². The maximum Gasteiger partial charge on any atom is 0.255 e. The summed E-state index contributed by atoms with van der Waals surface area (Å²) in [5, 5.41) is 2.69. The van der Waals surface area contributed by atoms with Gasteiger partial charge in [0, 0.05) is 6.54 Å². The lowest BCUT2D eigenvalue weighted by molar-refractivity contribution is 0.0949. The normalized spacial score (nSPS) is 9.50. The van der Waals surface area contributed by atoms with Crippen LogP contribution in [0.15, 0.2) is 18.2 Å². The Balaban J connectivity index is 0.00000289. The number of amides is 1. The highest BCUT2D eigenvalue weighted by Crippen LogP contribution is 2.18. The second kappa shape index (κ2) is 8.72. The zero-order valence-electron chi connectivity index (χ0n) is 10.2. The van der Waals surface area contributed by atoms with Crippen LogP contribution in [-0.2, 0) is 0 Å². The number of halogens is 2. The van der Waals surface area contributed by atoms with Crippen LogP contribution < -0.4 is 15.8 Å². The maximum absolute atomic E-state index is 13.0. The van der Waals surface area contributed by atoms with Crippen molar-refractivity contribution in [1.82, 2.24) is 5.32 Å². The van der Waals surface area contributed by atoms with Gasteiger partial charge in [-0.25, -0.2) is 4.39 Å². The molecule has 0 heterocycles. The average molecular weight is 277 g/mol. The molecule has 0 bridgehead atoms. The van der Waals surface area contributed by atoms with Gasteiger partial charge in [0.2, 0.25) is 0 Å². The Morgan fingerprint density at radius 3 is 2.78 bits per heavy atom. The van der Waals surface area contributed by atoms with E-state index in [4.69, 9.17) is 10.5 Å². The molecular formula is C12H18ClFN2O2. The first-order chi connectivity index (χ1) is 8.19. The standard InChI is InChI=1S/C12H17FN2O2.ClH/c1-17-11-5-4-9(13)8-10(11)12(16)15-7-3-2-6-14;/h4-5,8H,2-3,6-7,14H2,1H3,(H,15,16);1H. The van der Waals surface area contributed by atoms with E-state index >= 15 is 0 Å². The highest BCUT2D eigenvalue weighted by molar-refractivity contribution is 5.96. The summed E-state index contributed by atoms with van der Waals surface area (Å²) < 4.78 is 18.0. The molecule has 18 heavy (non-hydrogen) atoms. The molecule has 1 aromatic rings. The average Bonchev–Trinajstić information content (AvgIpc) is 2.34. The Labute approximate surface area is 112 Å². The van der Waals surface area contributed by atoms with Crippen LogP contribution in [0.5, 0.6) is 5.75 Å². The lowest BCUT2D eigenvalue weighted by Gasteiger charge is -2.09. The molecule has 0 aromatic heterocycles. The van der Waals surface area contributed by atoms with E-state index in [1.807, 2.05) is 0 Å². The van der Waals surface area contributed by atoms with Crippen molar-refractivity contribution < 1.29 is 13.9 Å². The number of benzene rings is 1. The van der Waals surface area contributed by atoms with Gasteiger partial charge in [0.05, 0.1) is 12.7 Å². The molecule has 0 aliphatic carbocycles. The summed E-state index contributed by atoms with van der Waals surface area (Å²) in [6.07, 6.45) is 1.65. The third-order valence-electron chi connectivity index (χ3n) is 2.32. The van der Waals surface area contributed by atoms with Gasteiger partial charge in [-0.3, -0.25) is 4.79 Å². The largest absolute Gasteiger partial charge is 0.496 e. The second-order valence-electron chi connectivity index (χ2n) is 3.60. The Morgan fingerprint density at radius 1 is 1.44 bits per heavy atom. The highest BCUT2D eigenvalue weighted by Gasteiger charge is 2.12. The van der Waals surface area contributed by atoms with Crippen molar-refractivity contribution in [3.05, 3.63) is 29.6 Å². The topological polar surface area (TPSA) is 64.3 Å². The molecule has 0 saturated carbocycles. The lowest BCUT2D eigenvalue weighted by atomic mass is 10.1. The molecule has 0 unspecified atom stereocenters. The molecule has 0 radical (unpaired) electrons. The van der Waals surface area contributed by atoms with Crippen molar-refractivity contribution in [2.45, 2.75) is 12.8 Å². The van der Waals surface area contributed by atoms with Gasteiger partial charge in [-0.1, -0.05) is 0 Å². The molecule has 0 atom stereocenters. The van der Waals surface area contributed by atoms with Crippen molar-refractivity contribution in [1.29, 1.82) is 0 Å². The number of rotatable bonds is 6. The van der Waals surface area contributed by atoms with Crippen molar-refractivity contribution in [2.24, 2.45) is 5.73 Å². The Hall–Kier alpha value is -1.33. The van der Waals surface area contributed by atoms with Crippen LogP contribution in [0, 0.1) is 5.82 Å². The van der Waals surface area contributed by atoms with E-state index in [-0.39, 0.29) is 23.9 Å². The molecule has 1 rings (SSSR count). The molecule has 4 nitrogen and oxygen atoms in total. The zero-order chi connectivity index (χ0) is 12.7. The minimum Gasteiger partial charge on any atom is -0.496 e. The van der Waals surface area contributed by atoms with Gasteiger partial charge in [-0.2, -0.15) is 0 Å². The number of methoxy groups -OCH3 is 1. The lowest BCUT2D eigenvalue weighted by Crippen LogP contribution is -2.25. The quantitative estimate of drug-likeness (QED) is 0.778. The first-order valence-electron chi connectivity index (χ1n) is 5.51. The number of hydrogen-bond donors (Lipinski definition) is 2. The summed E-state index contributed by atoms with van der Waals surface area (Å²) in [6, 6.07) is 3.85. The van der Waals surface area contributed by atoms with E-state index in [1.165, 1.54) is 19.2 Å². The van der Waals surface area contributed by atoms with Crippen molar-refractivity contribution >= 4 is 18.3 Å². The molecule has 3 N–H and O–H groups in total. The predicted molar refractivity (Wildman–Crippen MR) is 70.8 cm³/mol. The Bertz CT molecular complexity index is 388. The molecule has 1 amide bonds. The van der Waals surface area contributed by atoms with E-state index in [1.54, 1.807) is 0 Å². The van der Waals surface area contributed by atoms with Gasteiger partial charge >= 0.3 is 0 Å². The van der Waals surface area contributed by atoms with E-state index in [0.717, 1.165) is 18.9 Å². The summed E-state index contributed by atoms with van der Waals surface area (Å²) in [7, 11) is 1.44. The van der Waals surface area contributed by atoms with Gasteiger partial charge in [-0.05, 0) is 37.6 Å². The van der Waals surface area contributed by atoms with Crippen LogP contribution in [-0.4, -0.2) is 26.1 Å². The number of nitrogens with two attached hydrogens (primary N) is 1. The van der Waals surface area contributed by atoms with Crippen LogP contribution in [0.25, 0.3) is 0 Å². The van der Waals surface area contributed by atoms with Crippen LogP contribution in [0.1, 0.15) is 23.2 Å². The summed E-state index contributed by atoms with van der Waals surface area (Å²) in [5.74, 6) is -0.431. The molecule has 0 fully saturated rings. The van der Waals surface area contributed by atoms with E-state index in [9.17, 15) is 9.18 Å². The van der Waals surface area contributed by atoms with Crippen molar-refractivity contribution in [3.63, 3.8) is 0 Å². The number of carbonyl (C=O) groups is 1. The van der Waals surface area contributed by atoms with Gasteiger partial charge < -0.3 is 15.8 Å². The van der Waals surface area contributed by atoms with E-state index in [0.29, 0.717) is 18.8 Å². The Kier molecular flexibility index (Phi) is 8.07. The molecule has 0 aliphatic heterocycles. The fourth-order valence-electron chi connectivity index (χ4n) is 1.42. The van der Waals surface area contributed by atoms with Crippen LogP contribution in [0.2, 0.25) is 0 Å². The molecule has 1 aromatic carbocycles. The Morgan fingerprint density at radius 2 is 2.17 bits per heavy atom. The first kappa shape index (κ1) is 16.7. The number of ether oxygens (including phenoxy) is 1. The fourth-order valence-corrected chi connectivity index (χ4v) is 1.42. The third kappa shape index (κ3) is 4.89. The molecule has 0 saturated heterocycles. The minimum atomic E-state index is -0.460. The number of carbonyl (C=O) groups excluding carboxylic acids is 1. The van der Waals surface area contributed by atoms with Crippen LogP contribution in [0.3, 0.4) is 0 Å². The van der Waals surface area contributed by atoms with E-state index < -0.39 is 5.82 Å².